The molecule has 3 aromatic heterocycles. The van der Waals surface area contributed by atoms with Crippen molar-refractivity contribution in [3.63, 3.8) is 0 Å². The van der Waals surface area contributed by atoms with Crippen LogP contribution in [0.4, 0.5) is 16.2 Å². The number of pyridine rings is 1. The Hall–Kier alpha value is -3.68. The number of aromatic amines is 1. The number of urea groups is 1. The maximum Gasteiger partial charge on any atom is 0.323 e. The van der Waals surface area contributed by atoms with Crippen molar-refractivity contribution in [2.24, 2.45) is 0 Å². The van der Waals surface area contributed by atoms with Crippen LogP contribution in [0.25, 0.3) is 21.9 Å². The molecule has 2 aromatic carbocycles. The number of carbonyl (C=O) groups excluding carboxylic acids is 1. The number of benzene rings is 2. The Morgan fingerprint density at radius 1 is 1.18 bits per heavy atom. The Labute approximate surface area is 208 Å². The molecule has 33 heavy (non-hydrogen) atoms. The molecule has 168 valence electrons. The zero-order valence-corrected chi connectivity index (χ0v) is 18.5. The minimum Gasteiger partial charge on any atom is -0.495 e. The van der Waals surface area contributed by atoms with Gasteiger partial charge >= 0.3 is 6.03 Å². The van der Waals surface area contributed by atoms with Crippen LogP contribution in [-0.2, 0) is 6.50 Å². The third kappa shape index (κ3) is 4.46. The highest BCUT2D eigenvalue weighted by atomic mass is 35.5. The molecule has 0 aliphatic rings. The number of carbonyl (C=O) groups is 1. The first-order valence-corrected chi connectivity index (χ1v) is 10.0. The van der Waals surface area contributed by atoms with Crippen molar-refractivity contribution in [3.8, 4) is 5.75 Å². The van der Waals surface area contributed by atoms with E-state index in [0.29, 0.717) is 33.2 Å². The molecule has 0 aliphatic carbocycles. The van der Waals surface area contributed by atoms with Crippen molar-refractivity contribution in [3.05, 3.63) is 83.8 Å². The van der Waals surface area contributed by atoms with Crippen LogP contribution < -0.4 is 15.4 Å². The summed E-state index contributed by atoms with van der Waals surface area (Å²) in [5.74, 6) is -0.0643. The van der Waals surface area contributed by atoms with Crippen LogP contribution in [0, 0.1) is 0 Å². The van der Waals surface area contributed by atoms with Crippen LogP contribution in [0.15, 0.2) is 73.2 Å². The highest BCUT2D eigenvalue weighted by Gasteiger charge is 2.12. The lowest BCUT2D eigenvalue weighted by molar-refractivity contribution is 0.262. The number of halogens is 2. The highest BCUT2D eigenvalue weighted by molar-refractivity contribution is 6.31. The van der Waals surface area contributed by atoms with E-state index >= 15 is 0 Å². The molecular formula is C24H21Cl2N5O2. The summed E-state index contributed by atoms with van der Waals surface area (Å²) in [4.78, 5) is 20.1. The molecule has 0 bridgehead atoms. The van der Waals surface area contributed by atoms with Gasteiger partial charge in [0.1, 0.15) is 11.4 Å². The fourth-order valence-electron chi connectivity index (χ4n) is 3.53. The Morgan fingerprint density at radius 2 is 2.06 bits per heavy atom. The molecule has 3 heterocycles. The first-order valence-electron chi connectivity index (χ1n) is 12.1. The van der Waals surface area contributed by atoms with Crippen LogP contribution >= 0.6 is 24.0 Å². The zero-order valence-electron chi connectivity index (χ0n) is 21.9. The average molecular weight is 487 g/mol. The lowest BCUT2D eigenvalue weighted by atomic mass is 10.2. The van der Waals surface area contributed by atoms with Crippen LogP contribution in [0.3, 0.4) is 0 Å². The van der Waals surface area contributed by atoms with E-state index in [1.807, 2.05) is 0 Å². The first-order chi connectivity index (χ1) is 17.5. The zero-order chi connectivity index (χ0) is 26.4. The normalized spacial score (nSPS) is 13.8. The van der Waals surface area contributed by atoms with Crippen molar-refractivity contribution in [2.45, 2.75) is 6.50 Å². The van der Waals surface area contributed by atoms with Gasteiger partial charge in [-0.05, 0) is 54.1 Å². The molecule has 0 unspecified atom stereocenters. The van der Waals surface area contributed by atoms with E-state index in [4.69, 9.17) is 23.2 Å². The summed E-state index contributed by atoms with van der Waals surface area (Å²) >= 11 is 6.02. The smallest absolute Gasteiger partial charge is 0.323 e. The Morgan fingerprint density at radius 3 is 2.94 bits per heavy atom. The number of nitrogens with zero attached hydrogens (tertiary/aromatic N) is 2. The minimum atomic E-state index is -2.71. The third-order valence-corrected chi connectivity index (χ3v) is 5.22. The molecule has 5 aromatic rings. The van der Waals surface area contributed by atoms with Crippen molar-refractivity contribution in [1.82, 2.24) is 14.5 Å². The maximum atomic E-state index is 12.8. The Kier molecular flexibility index (Phi) is 4.83. The van der Waals surface area contributed by atoms with Crippen molar-refractivity contribution >= 4 is 63.4 Å². The number of hydrogen-bond donors (Lipinski definition) is 3. The van der Waals surface area contributed by atoms with E-state index in [-0.39, 0.29) is 28.9 Å². The van der Waals surface area contributed by atoms with Crippen LogP contribution in [0.2, 0.25) is 5.02 Å². The molecule has 0 spiro atoms. The van der Waals surface area contributed by atoms with Crippen LogP contribution in [0.1, 0.15) is 12.4 Å². The van der Waals surface area contributed by atoms with E-state index in [2.05, 4.69) is 20.6 Å². The number of aromatic nitrogens is 3. The second-order valence-corrected chi connectivity index (χ2v) is 7.39. The van der Waals surface area contributed by atoms with Gasteiger partial charge in [0.05, 0.1) is 30.8 Å². The van der Waals surface area contributed by atoms with Gasteiger partial charge in [0.25, 0.3) is 0 Å². The predicted molar refractivity (Wildman–Crippen MR) is 135 cm³/mol. The number of amides is 2. The van der Waals surface area contributed by atoms with Gasteiger partial charge in [-0.1, -0.05) is 17.7 Å². The fourth-order valence-corrected chi connectivity index (χ4v) is 3.70. The number of hydrogen-bond acceptors (Lipinski definition) is 3. The molecule has 0 atom stereocenters. The van der Waals surface area contributed by atoms with E-state index in [1.54, 1.807) is 55.0 Å². The largest absolute Gasteiger partial charge is 0.495 e. The summed E-state index contributed by atoms with van der Waals surface area (Å²) < 4.78 is 46.3. The Bertz CT molecular complexity index is 1630. The van der Waals surface area contributed by atoms with Gasteiger partial charge in [0.15, 0.2) is 0 Å². The first kappa shape index (κ1) is 16.9. The number of fused-ring (bicyclic) bond motifs is 2. The standard InChI is InChI=1S/C24H20ClN5O2.ClH/c1-32-22-6-5-16(25)13-20(22)29-24(31)28-19-3-2-4-21-18(19)9-12-30(21)14-15-7-10-26-23-17(15)8-11-27-23;/h2-13H,14H2,1H3,(H,26,27)(H2,28,29,31);1H/i1D3,14D2;. The molecule has 5 rings (SSSR count). The Balaban J connectivity index is 0.00000336. The van der Waals surface area contributed by atoms with Crippen LogP contribution in [-0.4, -0.2) is 27.6 Å². The molecule has 9 heteroatoms. The molecular weight excluding hydrogens is 461 g/mol. The third-order valence-electron chi connectivity index (χ3n) is 4.98. The highest BCUT2D eigenvalue weighted by Crippen LogP contribution is 2.29. The summed E-state index contributed by atoms with van der Waals surface area (Å²) in [5, 5.41) is 6.85. The average Bonchev–Trinajstić information content (AvgIpc) is 3.48. The topological polar surface area (TPSA) is 84.0 Å². The van der Waals surface area contributed by atoms with Crippen molar-refractivity contribution < 1.29 is 16.4 Å². The molecule has 3 N–H and O–H groups in total. The van der Waals surface area contributed by atoms with Gasteiger partial charge in [-0.25, -0.2) is 9.78 Å². The van der Waals surface area contributed by atoms with E-state index in [9.17, 15) is 4.79 Å². The summed E-state index contributed by atoms with van der Waals surface area (Å²) in [6.07, 6.45) is 4.88. The SMILES string of the molecule is Cl.[2H]C([2H])([2H])Oc1ccc(Cl)cc1NC(=O)Nc1cccc2c1ccn2C([2H])([2H])c1ccnc2[nH]ccc12. The van der Waals surface area contributed by atoms with Crippen molar-refractivity contribution in [1.29, 1.82) is 0 Å². The minimum absolute atomic E-state index is 0. The summed E-state index contributed by atoms with van der Waals surface area (Å²) in [6, 6.07) is 13.8. The van der Waals surface area contributed by atoms with E-state index in [0.717, 1.165) is 0 Å². The quantitative estimate of drug-likeness (QED) is 0.272. The fraction of sp³-hybridized carbons (Fsp3) is 0.0833. The van der Waals surface area contributed by atoms with Gasteiger partial charge in [-0.15, -0.1) is 12.4 Å². The second kappa shape index (κ2) is 9.44. The molecule has 0 saturated heterocycles. The predicted octanol–water partition coefficient (Wildman–Crippen LogP) is 6.29. The lowest BCUT2D eigenvalue weighted by Crippen LogP contribution is -2.20. The van der Waals surface area contributed by atoms with Gasteiger partial charge in [0.2, 0.25) is 0 Å². The summed E-state index contributed by atoms with van der Waals surface area (Å²) in [6.45, 7) is -1.92. The molecule has 2 amide bonds. The maximum absolute atomic E-state index is 12.8. The molecule has 7 nitrogen and oxygen atoms in total. The lowest BCUT2D eigenvalue weighted by Gasteiger charge is -2.12. The van der Waals surface area contributed by atoms with Crippen molar-refractivity contribution in [2.75, 3.05) is 17.7 Å². The molecule has 0 radical (unpaired) electrons. The number of H-pyrrole nitrogens is 1. The number of nitrogens with one attached hydrogen (secondary N) is 3. The molecule has 0 aliphatic heterocycles. The summed E-state index contributed by atoms with van der Waals surface area (Å²) in [7, 11) is -2.71. The number of anilines is 2. The number of rotatable bonds is 5. The number of methoxy groups -OCH3 is 1. The van der Waals surface area contributed by atoms with E-state index in [1.165, 1.54) is 22.8 Å². The van der Waals surface area contributed by atoms with Gasteiger partial charge in [0, 0.05) is 40.9 Å². The molecule has 0 saturated carbocycles. The van der Waals surface area contributed by atoms with Gasteiger partial charge in [-0.2, -0.15) is 0 Å². The van der Waals surface area contributed by atoms with E-state index < -0.39 is 19.6 Å². The van der Waals surface area contributed by atoms with Crippen LogP contribution in [0.5, 0.6) is 5.75 Å². The van der Waals surface area contributed by atoms with Gasteiger partial charge < -0.3 is 24.9 Å². The molecule has 0 fully saturated rings. The second-order valence-electron chi connectivity index (χ2n) is 6.96. The van der Waals surface area contributed by atoms with Gasteiger partial charge in [-0.3, -0.25) is 0 Å². The number of ether oxygens (including phenoxy) is 1. The monoisotopic (exact) mass is 486 g/mol. The summed E-state index contributed by atoms with van der Waals surface area (Å²) in [5.41, 5.74) is 2.08.